The molecule has 0 saturated carbocycles. The third-order valence-electron chi connectivity index (χ3n) is 1.80. The number of nitrogens with one attached hydrogen (secondary N) is 1. The summed E-state index contributed by atoms with van der Waals surface area (Å²) in [5, 5.41) is 10.8. The van der Waals surface area contributed by atoms with E-state index < -0.39 is 24.3 Å². The lowest BCUT2D eigenvalue weighted by Crippen LogP contribution is -2.37. The fraction of sp³-hybridized carbons (Fsp3) is 0.200. The number of rotatable bonds is 5. The molecule has 1 atom stereocenters. The maximum atomic E-state index is 11.5. The SMILES string of the molecule is O=C[C@H](CC(=O)O)NC(=O)c1cccnc1. The molecule has 1 amide bonds. The molecule has 0 bridgehead atoms. The van der Waals surface area contributed by atoms with E-state index in [2.05, 4.69) is 10.3 Å². The molecule has 0 radical (unpaired) electrons. The van der Waals surface area contributed by atoms with Crippen LogP contribution < -0.4 is 5.32 Å². The zero-order chi connectivity index (χ0) is 12.0. The summed E-state index contributed by atoms with van der Waals surface area (Å²) in [4.78, 5) is 36.1. The van der Waals surface area contributed by atoms with E-state index in [-0.39, 0.29) is 5.56 Å². The number of carboxylic acid groups (broad SMARTS) is 1. The number of amides is 1. The summed E-state index contributed by atoms with van der Waals surface area (Å²) < 4.78 is 0. The van der Waals surface area contributed by atoms with Gasteiger partial charge < -0.3 is 15.2 Å². The number of nitrogens with zero attached hydrogens (tertiary/aromatic N) is 1. The zero-order valence-corrected chi connectivity index (χ0v) is 8.29. The minimum Gasteiger partial charge on any atom is -0.481 e. The largest absolute Gasteiger partial charge is 0.481 e. The Balaban J connectivity index is 2.62. The van der Waals surface area contributed by atoms with Gasteiger partial charge in [0.1, 0.15) is 6.29 Å². The van der Waals surface area contributed by atoms with Crippen LogP contribution in [0, 0.1) is 0 Å². The fourth-order valence-corrected chi connectivity index (χ4v) is 1.07. The molecule has 2 N–H and O–H groups in total. The number of aldehydes is 1. The van der Waals surface area contributed by atoms with Crippen LogP contribution in [0.15, 0.2) is 24.5 Å². The molecule has 0 aliphatic carbocycles. The molecular formula is C10H10N2O4. The molecule has 1 aromatic rings. The van der Waals surface area contributed by atoms with E-state index >= 15 is 0 Å². The van der Waals surface area contributed by atoms with Crippen LogP contribution in [0.25, 0.3) is 0 Å². The molecular weight excluding hydrogens is 212 g/mol. The van der Waals surface area contributed by atoms with E-state index in [0.29, 0.717) is 6.29 Å². The van der Waals surface area contributed by atoms with Crippen molar-refractivity contribution in [3.8, 4) is 0 Å². The van der Waals surface area contributed by atoms with E-state index in [0.717, 1.165) is 0 Å². The normalized spacial score (nSPS) is 11.5. The number of carbonyl (C=O) groups excluding carboxylic acids is 2. The van der Waals surface area contributed by atoms with Crippen molar-refractivity contribution in [2.45, 2.75) is 12.5 Å². The first-order valence-corrected chi connectivity index (χ1v) is 4.51. The number of aliphatic carboxylic acids is 1. The van der Waals surface area contributed by atoms with Crippen LogP contribution in [0.1, 0.15) is 16.8 Å². The second kappa shape index (κ2) is 5.59. The van der Waals surface area contributed by atoms with Crippen molar-refractivity contribution < 1.29 is 19.5 Å². The first-order chi connectivity index (χ1) is 7.63. The lowest BCUT2D eigenvalue weighted by Gasteiger charge is -2.09. The molecule has 0 spiro atoms. The minimum atomic E-state index is -1.15. The van der Waals surface area contributed by atoms with E-state index in [9.17, 15) is 14.4 Å². The van der Waals surface area contributed by atoms with Gasteiger partial charge in [-0.1, -0.05) is 0 Å². The lowest BCUT2D eigenvalue weighted by atomic mass is 10.2. The highest BCUT2D eigenvalue weighted by Crippen LogP contribution is 1.97. The topological polar surface area (TPSA) is 96.4 Å². The maximum absolute atomic E-state index is 11.5. The predicted molar refractivity (Wildman–Crippen MR) is 53.8 cm³/mol. The first kappa shape index (κ1) is 11.8. The Morgan fingerprint density at radius 2 is 2.31 bits per heavy atom. The molecule has 1 aromatic heterocycles. The van der Waals surface area contributed by atoms with Crippen molar-refractivity contribution in [3.05, 3.63) is 30.1 Å². The van der Waals surface area contributed by atoms with Gasteiger partial charge in [0, 0.05) is 12.4 Å². The number of pyridine rings is 1. The van der Waals surface area contributed by atoms with Crippen LogP contribution >= 0.6 is 0 Å². The van der Waals surface area contributed by atoms with E-state index in [1.54, 1.807) is 6.07 Å². The van der Waals surface area contributed by atoms with Crippen molar-refractivity contribution >= 4 is 18.2 Å². The molecule has 0 aromatic carbocycles. The Kier molecular flexibility index (Phi) is 4.14. The Labute approximate surface area is 91.3 Å². The van der Waals surface area contributed by atoms with Crippen LogP contribution in [-0.4, -0.2) is 34.3 Å². The van der Waals surface area contributed by atoms with Crippen molar-refractivity contribution in [1.29, 1.82) is 0 Å². The average molecular weight is 222 g/mol. The van der Waals surface area contributed by atoms with Gasteiger partial charge in [-0.25, -0.2) is 0 Å². The molecule has 1 heterocycles. The molecule has 0 fully saturated rings. The zero-order valence-electron chi connectivity index (χ0n) is 8.29. The number of hydrogen-bond donors (Lipinski definition) is 2. The van der Waals surface area contributed by atoms with Crippen molar-refractivity contribution in [2.24, 2.45) is 0 Å². The summed E-state index contributed by atoms with van der Waals surface area (Å²) in [6.07, 6.45) is 2.79. The molecule has 0 aliphatic heterocycles. The first-order valence-electron chi connectivity index (χ1n) is 4.51. The lowest BCUT2D eigenvalue weighted by molar-refractivity contribution is -0.138. The maximum Gasteiger partial charge on any atom is 0.305 e. The van der Waals surface area contributed by atoms with Crippen molar-refractivity contribution in [2.75, 3.05) is 0 Å². The smallest absolute Gasteiger partial charge is 0.305 e. The molecule has 84 valence electrons. The Hall–Kier alpha value is -2.24. The van der Waals surface area contributed by atoms with Gasteiger partial charge in [-0.3, -0.25) is 14.6 Å². The van der Waals surface area contributed by atoms with Gasteiger partial charge in [0.15, 0.2) is 0 Å². The van der Waals surface area contributed by atoms with E-state index in [1.807, 2.05) is 0 Å². The van der Waals surface area contributed by atoms with Crippen LogP contribution in [0.5, 0.6) is 0 Å². The van der Waals surface area contributed by atoms with Gasteiger partial charge in [0.2, 0.25) is 0 Å². The predicted octanol–water partition coefficient (Wildman–Crippen LogP) is -0.146. The monoisotopic (exact) mass is 222 g/mol. The van der Waals surface area contributed by atoms with Crippen LogP contribution in [0.4, 0.5) is 0 Å². The summed E-state index contributed by atoms with van der Waals surface area (Å²) in [5.74, 6) is -1.67. The second-order valence-corrected chi connectivity index (χ2v) is 3.06. The molecule has 0 aliphatic rings. The summed E-state index contributed by atoms with van der Waals surface area (Å²) >= 11 is 0. The molecule has 6 heteroatoms. The quantitative estimate of drug-likeness (QED) is 0.675. The number of hydrogen-bond acceptors (Lipinski definition) is 4. The van der Waals surface area contributed by atoms with Gasteiger partial charge in [-0.15, -0.1) is 0 Å². The Morgan fingerprint density at radius 3 is 2.81 bits per heavy atom. The molecule has 16 heavy (non-hydrogen) atoms. The van der Waals surface area contributed by atoms with Crippen LogP contribution in [0.2, 0.25) is 0 Å². The highest BCUT2D eigenvalue weighted by Gasteiger charge is 2.15. The average Bonchev–Trinajstić information content (AvgIpc) is 2.28. The minimum absolute atomic E-state index is 0.278. The molecule has 0 saturated heterocycles. The van der Waals surface area contributed by atoms with Gasteiger partial charge in [0.25, 0.3) is 5.91 Å². The summed E-state index contributed by atoms with van der Waals surface area (Å²) in [5.41, 5.74) is 0.278. The fourth-order valence-electron chi connectivity index (χ4n) is 1.07. The third-order valence-corrected chi connectivity index (χ3v) is 1.80. The third kappa shape index (κ3) is 3.49. The number of carbonyl (C=O) groups is 3. The number of carboxylic acids is 1. The van der Waals surface area contributed by atoms with Gasteiger partial charge in [-0.2, -0.15) is 0 Å². The highest BCUT2D eigenvalue weighted by atomic mass is 16.4. The van der Waals surface area contributed by atoms with Crippen molar-refractivity contribution in [1.82, 2.24) is 10.3 Å². The van der Waals surface area contributed by atoms with Gasteiger partial charge >= 0.3 is 5.97 Å². The van der Waals surface area contributed by atoms with Crippen molar-refractivity contribution in [3.63, 3.8) is 0 Å². The molecule has 1 rings (SSSR count). The van der Waals surface area contributed by atoms with Crippen LogP contribution in [0.3, 0.4) is 0 Å². The standard InChI is InChI=1S/C10H10N2O4/c13-6-8(4-9(14)15)12-10(16)7-2-1-3-11-5-7/h1-3,5-6,8H,4H2,(H,12,16)(H,14,15)/t8-/m0/s1. The number of aromatic nitrogens is 1. The summed E-state index contributed by atoms with van der Waals surface area (Å²) in [7, 11) is 0. The van der Waals surface area contributed by atoms with Crippen LogP contribution in [-0.2, 0) is 9.59 Å². The summed E-state index contributed by atoms with van der Waals surface area (Å²) in [6.45, 7) is 0. The Morgan fingerprint density at radius 1 is 1.56 bits per heavy atom. The van der Waals surface area contributed by atoms with E-state index in [1.165, 1.54) is 18.5 Å². The van der Waals surface area contributed by atoms with Gasteiger partial charge in [0.05, 0.1) is 18.0 Å². The highest BCUT2D eigenvalue weighted by molar-refractivity contribution is 5.95. The van der Waals surface area contributed by atoms with E-state index in [4.69, 9.17) is 5.11 Å². The molecule has 6 nitrogen and oxygen atoms in total. The van der Waals surface area contributed by atoms with Gasteiger partial charge in [-0.05, 0) is 12.1 Å². The second-order valence-electron chi connectivity index (χ2n) is 3.06. The molecule has 0 unspecified atom stereocenters. The summed E-state index contributed by atoms with van der Waals surface area (Å²) in [6, 6.07) is 2.07. The Bertz CT molecular complexity index is 391.